The molecule has 0 spiro atoms. The molecule has 2 aromatic carbocycles. The van der Waals surface area contributed by atoms with Crippen LogP contribution in [0.15, 0.2) is 59.4 Å². The van der Waals surface area contributed by atoms with Gasteiger partial charge in [0.2, 0.25) is 0 Å². The topological polar surface area (TPSA) is 67.2 Å². The lowest BCUT2D eigenvalue weighted by atomic mass is 10.2. The van der Waals surface area contributed by atoms with Gasteiger partial charge in [0.1, 0.15) is 17.3 Å². The number of amides is 1. The van der Waals surface area contributed by atoms with Crippen molar-refractivity contribution in [1.82, 2.24) is 9.78 Å². The lowest BCUT2D eigenvalue weighted by Gasteiger charge is -2.18. The van der Waals surface area contributed by atoms with Crippen molar-refractivity contribution in [2.24, 2.45) is 0 Å². The molecule has 1 aromatic heterocycles. The number of aromatic nitrogens is 2. The molecular weight excluding hydrogens is 378 g/mol. The second kappa shape index (κ2) is 7.83. The van der Waals surface area contributed by atoms with E-state index in [1.807, 2.05) is 4.90 Å². The zero-order chi connectivity index (χ0) is 20.4. The molecule has 0 radical (unpaired) electrons. The van der Waals surface area contributed by atoms with Crippen molar-refractivity contribution in [1.29, 1.82) is 0 Å². The summed E-state index contributed by atoms with van der Waals surface area (Å²) < 4.78 is 28.6. The predicted octanol–water partition coefficient (Wildman–Crippen LogP) is 3.36. The van der Waals surface area contributed by atoms with Gasteiger partial charge >= 0.3 is 0 Å². The van der Waals surface area contributed by atoms with Crippen LogP contribution in [-0.4, -0.2) is 28.8 Å². The molecular formula is C21H18F2N4O2. The van der Waals surface area contributed by atoms with E-state index in [2.05, 4.69) is 10.4 Å². The summed E-state index contributed by atoms with van der Waals surface area (Å²) in [7, 11) is 0. The molecule has 8 heteroatoms. The standard InChI is InChI=1S/C21H18F2N4O2/c22-14-3-6-16(7-4-14)27-20(28)10-8-18(25-27)21(29)24-15-5-9-19(17(23)13-15)26-11-1-2-12-26/h3-10,13H,1-2,11-12H2,(H,24,29). The average Bonchev–Trinajstić information content (AvgIpc) is 3.24. The quantitative estimate of drug-likeness (QED) is 0.734. The molecule has 4 rings (SSSR count). The molecule has 0 atom stereocenters. The summed E-state index contributed by atoms with van der Waals surface area (Å²) >= 11 is 0. The first-order valence-electron chi connectivity index (χ1n) is 9.23. The number of carbonyl (C=O) groups excluding carboxylic acids is 1. The lowest BCUT2D eigenvalue weighted by molar-refractivity contribution is 0.102. The molecule has 1 saturated heterocycles. The van der Waals surface area contributed by atoms with Gasteiger partial charge in [-0.2, -0.15) is 9.78 Å². The van der Waals surface area contributed by atoms with E-state index in [9.17, 15) is 18.4 Å². The maximum atomic E-state index is 14.4. The Hall–Kier alpha value is -3.55. The predicted molar refractivity (Wildman–Crippen MR) is 106 cm³/mol. The zero-order valence-electron chi connectivity index (χ0n) is 15.4. The molecule has 1 amide bonds. The van der Waals surface area contributed by atoms with Crippen LogP contribution in [0.2, 0.25) is 0 Å². The molecule has 3 aromatic rings. The molecule has 1 aliphatic heterocycles. The van der Waals surface area contributed by atoms with E-state index in [0.29, 0.717) is 11.4 Å². The summed E-state index contributed by atoms with van der Waals surface area (Å²) in [6.45, 7) is 1.63. The van der Waals surface area contributed by atoms with Crippen LogP contribution >= 0.6 is 0 Å². The lowest BCUT2D eigenvalue weighted by Crippen LogP contribution is -2.25. The maximum absolute atomic E-state index is 14.4. The number of halogens is 2. The molecule has 0 aliphatic carbocycles. The second-order valence-corrected chi connectivity index (χ2v) is 6.76. The fraction of sp³-hybridized carbons (Fsp3) is 0.190. The Morgan fingerprint density at radius 1 is 0.966 bits per heavy atom. The normalized spacial score (nSPS) is 13.5. The molecule has 148 valence electrons. The summed E-state index contributed by atoms with van der Waals surface area (Å²) in [5.41, 5.74) is 0.638. The Morgan fingerprint density at radius 2 is 1.69 bits per heavy atom. The maximum Gasteiger partial charge on any atom is 0.276 e. The molecule has 0 unspecified atom stereocenters. The van der Waals surface area contributed by atoms with E-state index in [0.717, 1.165) is 30.6 Å². The van der Waals surface area contributed by atoms with Crippen molar-refractivity contribution >= 4 is 17.3 Å². The Balaban J connectivity index is 1.55. The highest BCUT2D eigenvalue weighted by Gasteiger charge is 2.17. The van der Waals surface area contributed by atoms with Crippen LogP contribution in [0, 0.1) is 11.6 Å². The Labute approximate surface area is 165 Å². The summed E-state index contributed by atoms with van der Waals surface area (Å²) in [5.74, 6) is -1.45. The van der Waals surface area contributed by atoms with Gasteiger partial charge in [-0.15, -0.1) is 0 Å². The molecule has 29 heavy (non-hydrogen) atoms. The Morgan fingerprint density at radius 3 is 2.38 bits per heavy atom. The number of hydrogen-bond acceptors (Lipinski definition) is 4. The fourth-order valence-electron chi connectivity index (χ4n) is 3.29. The monoisotopic (exact) mass is 396 g/mol. The number of hydrogen-bond donors (Lipinski definition) is 1. The third-order valence-corrected chi connectivity index (χ3v) is 4.76. The van der Waals surface area contributed by atoms with Crippen LogP contribution in [0.3, 0.4) is 0 Å². The zero-order valence-corrected chi connectivity index (χ0v) is 15.4. The minimum Gasteiger partial charge on any atom is -0.369 e. The van der Waals surface area contributed by atoms with Gasteiger partial charge in [0.15, 0.2) is 0 Å². The summed E-state index contributed by atoms with van der Waals surface area (Å²) in [6, 6.07) is 12.2. The Kier molecular flexibility index (Phi) is 5.07. The van der Waals surface area contributed by atoms with Crippen molar-refractivity contribution in [2.45, 2.75) is 12.8 Å². The van der Waals surface area contributed by atoms with Crippen LogP contribution in [-0.2, 0) is 0 Å². The average molecular weight is 396 g/mol. The van der Waals surface area contributed by atoms with Gasteiger partial charge < -0.3 is 10.2 Å². The van der Waals surface area contributed by atoms with Crippen LogP contribution < -0.4 is 15.8 Å². The van der Waals surface area contributed by atoms with Crippen molar-refractivity contribution in [3.05, 3.63) is 82.3 Å². The van der Waals surface area contributed by atoms with Crippen molar-refractivity contribution < 1.29 is 13.6 Å². The summed E-state index contributed by atoms with van der Waals surface area (Å²) in [4.78, 5) is 26.6. The number of nitrogens with zero attached hydrogens (tertiary/aromatic N) is 3. The molecule has 2 heterocycles. The van der Waals surface area contributed by atoms with E-state index in [4.69, 9.17) is 0 Å². The minimum absolute atomic E-state index is 0.0297. The molecule has 0 saturated carbocycles. The number of carbonyl (C=O) groups is 1. The van der Waals surface area contributed by atoms with Crippen LogP contribution in [0.5, 0.6) is 0 Å². The van der Waals surface area contributed by atoms with E-state index < -0.39 is 23.1 Å². The van der Waals surface area contributed by atoms with Gasteiger partial charge in [-0.05, 0) is 61.4 Å². The first-order chi connectivity index (χ1) is 14.0. The third-order valence-electron chi connectivity index (χ3n) is 4.76. The second-order valence-electron chi connectivity index (χ2n) is 6.76. The van der Waals surface area contributed by atoms with Crippen LogP contribution in [0.1, 0.15) is 23.3 Å². The molecule has 1 fully saturated rings. The van der Waals surface area contributed by atoms with E-state index in [1.54, 1.807) is 12.1 Å². The third kappa shape index (κ3) is 4.01. The van der Waals surface area contributed by atoms with Crippen LogP contribution in [0.25, 0.3) is 5.69 Å². The van der Waals surface area contributed by atoms with Crippen molar-refractivity contribution in [2.75, 3.05) is 23.3 Å². The smallest absolute Gasteiger partial charge is 0.276 e. The fourth-order valence-corrected chi connectivity index (χ4v) is 3.29. The van der Waals surface area contributed by atoms with Crippen molar-refractivity contribution in [3.8, 4) is 5.69 Å². The molecule has 1 N–H and O–H groups in total. The molecule has 6 nitrogen and oxygen atoms in total. The van der Waals surface area contributed by atoms with E-state index in [1.165, 1.54) is 42.5 Å². The minimum atomic E-state index is -0.589. The van der Waals surface area contributed by atoms with Gasteiger partial charge in [-0.25, -0.2) is 8.78 Å². The first kappa shape index (κ1) is 18.8. The molecule has 0 bridgehead atoms. The molecule has 1 aliphatic rings. The van der Waals surface area contributed by atoms with Gasteiger partial charge in [-0.3, -0.25) is 9.59 Å². The first-order valence-corrected chi connectivity index (χ1v) is 9.23. The highest BCUT2D eigenvalue weighted by atomic mass is 19.1. The largest absolute Gasteiger partial charge is 0.369 e. The van der Waals surface area contributed by atoms with E-state index >= 15 is 0 Å². The number of rotatable bonds is 4. The van der Waals surface area contributed by atoms with Gasteiger partial charge in [0.05, 0.1) is 11.4 Å². The highest BCUT2D eigenvalue weighted by Crippen LogP contribution is 2.26. The van der Waals surface area contributed by atoms with E-state index in [-0.39, 0.29) is 11.4 Å². The Bertz CT molecular complexity index is 1110. The van der Waals surface area contributed by atoms with Gasteiger partial charge in [-0.1, -0.05) is 0 Å². The summed E-state index contributed by atoms with van der Waals surface area (Å²) in [6.07, 6.45) is 2.07. The summed E-state index contributed by atoms with van der Waals surface area (Å²) in [5, 5.41) is 6.63. The van der Waals surface area contributed by atoms with Crippen LogP contribution in [0.4, 0.5) is 20.2 Å². The highest BCUT2D eigenvalue weighted by molar-refractivity contribution is 6.02. The number of nitrogens with one attached hydrogen (secondary N) is 1. The number of anilines is 2. The number of benzene rings is 2. The SMILES string of the molecule is O=C(Nc1ccc(N2CCCC2)c(F)c1)c1ccc(=O)n(-c2ccc(F)cc2)n1. The van der Waals surface area contributed by atoms with Gasteiger partial charge in [0.25, 0.3) is 11.5 Å². The van der Waals surface area contributed by atoms with Gasteiger partial charge in [0, 0.05) is 24.8 Å². The van der Waals surface area contributed by atoms with Crippen molar-refractivity contribution in [3.63, 3.8) is 0 Å².